The highest BCUT2D eigenvalue weighted by atomic mass is 35.5. The molecule has 3 heteroatoms. The van der Waals surface area contributed by atoms with Crippen molar-refractivity contribution in [2.45, 2.75) is 63.7 Å². The van der Waals surface area contributed by atoms with Crippen molar-refractivity contribution in [3.63, 3.8) is 0 Å². The molecule has 0 spiro atoms. The second-order valence-electron chi connectivity index (χ2n) is 4.90. The fraction of sp³-hybridized carbons (Fsp3) is 0.923. The van der Waals surface area contributed by atoms with E-state index in [0.29, 0.717) is 0 Å². The summed E-state index contributed by atoms with van der Waals surface area (Å²) in [5.41, 5.74) is 0. The van der Waals surface area contributed by atoms with E-state index in [0.717, 1.165) is 25.8 Å². The van der Waals surface area contributed by atoms with Crippen molar-refractivity contribution in [2.24, 2.45) is 5.92 Å². The van der Waals surface area contributed by atoms with E-state index in [9.17, 15) is 4.79 Å². The van der Waals surface area contributed by atoms with Crippen LogP contribution in [0.4, 0.5) is 0 Å². The predicted molar refractivity (Wildman–Crippen MR) is 68.8 cm³/mol. The van der Waals surface area contributed by atoms with Crippen molar-refractivity contribution in [2.75, 3.05) is 6.54 Å². The minimum atomic E-state index is 0.151. The molecule has 1 saturated carbocycles. The number of hydrogen-bond donors (Lipinski definition) is 1. The van der Waals surface area contributed by atoms with E-state index in [2.05, 4.69) is 5.32 Å². The quantitative estimate of drug-likeness (QED) is 0.755. The molecule has 16 heavy (non-hydrogen) atoms. The summed E-state index contributed by atoms with van der Waals surface area (Å²) in [5.74, 6) is 0.505. The Hall–Kier alpha value is -0.240. The Bertz CT molecular complexity index is 198. The van der Waals surface area contributed by atoms with Crippen molar-refractivity contribution >= 4 is 17.5 Å². The average molecular weight is 246 g/mol. The van der Waals surface area contributed by atoms with E-state index in [4.69, 9.17) is 11.6 Å². The minimum absolute atomic E-state index is 0.151. The van der Waals surface area contributed by atoms with Gasteiger partial charge >= 0.3 is 0 Å². The van der Waals surface area contributed by atoms with E-state index >= 15 is 0 Å². The molecule has 1 aliphatic carbocycles. The molecule has 1 N–H and O–H groups in total. The molecular formula is C13H24ClNO. The zero-order valence-electron chi connectivity index (χ0n) is 10.3. The first-order valence-corrected chi connectivity index (χ1v) is 7.05. The largest absolute Gasteiger partial charge is 0.356 e. The van der Waals surface area contributed by atoms with Crippen molar-refractivity contribution in [3.05, 3.63) is 0 Å². The Balaban J connectivity index is 2.22. The number of hydrogen-bond acceptors (Lipinski definition) is 1. The molecule has 2 nitrogen and oxygen atoms in total. The summed E-state index contributed by atoms with van der Waals surface area (Å²) in [7, 11) is 0. The molecule has 0 aliphatic heterocycles. The van der Waals surface area contributed by atoms with Gasteiger partial charge in [-0.15, -0.1) is 11.6 Å². The molecule has 0 aromatic carbocycles. The van der Waals surface area contributed by atoms with Gasteiger partial charge in [-0.1, -0.05) is 32.1 Å². The van der Waals surface area contributed by atoms with E-state index in [1.807, 2.05) is 6.92 Å². The molecule has 1 unspecified atom stereocenters. The lowest BCUT2D eigenvalue weighted by molar-refractivity contribution is -0.125. The van der Waals surface area contributed by atoms with Crippen LogP contribution in [0, 0.1) is 5.92 Å². The molecule has 0 heterocycles. The van der Waals surface area contributed by atoms with Gasteiger partial charge in [-0.2, -0.15) is 0 Å². The van der Waals surface area contributed by atoms with Crippen LogP contribution in [0.25, 0.3) is 0 Å². The molecule has 0 saturated heterocycles. The van der Waals surface area contributed by atoms with Gasteiger partial charge in [0.15, 0.2) is 0 Å². The van der Waals surface area contributed by atoms with Crippen molar-refractivity contribution in [1.29, 1.82) is 0 Å². The Kier molecular flexibility index (Phi) is 6.86. The molecule has 0 radical (unpaired) electrons. The smallest absolute Gasteiger partial charge is 0.223 e. The number of carbonyl (C=O) groups is 1. The molecule has 1 amide bonds. The Labute approximate surface area is 104 Å². The number of rotatable bonds is 4. The third-order valence-electron chi connectivity index (χ3n) is 3.32. The summed E-state index contributed by atoms with van der Waals surface area (Å²) in [6.07, 6.45) is 9.36. The van der Waals surface area contributed by atoms with Crippen LogP contribution in [0.5, 0.6) is 0 Å². The zero-order valence-corrected chi connectivity index (χ0v) is 11.1. The first kappa shape index (κ1) is 13.8. The zero-order chi connectivity index (χ0) is 11.8. The van der Waals surface area contributed by atoms with Crippen LogP contribution in [-0.2, 0) is 4.79 Å². The molecule has 1 rings (SSSR count). The highest BCUT2D eigenvalue weighted by Gasteiger charge is 2.18. The van der Waals surface area contributed by atoms with Gasteiger partial charge in [0.2, 0.25) is 5.91 Å². The van der Waals surface area contributed by atoms with Gasteiger partial charge in [-0.05, 0) is 26.2 Å². The van der Waals surface area contributed by atoms with Gasteiger partial charge in [0.05, 0.1) is 0 Å². The molecule has 0 aromatic heterocycles. The number of carbonyl (C=O) groups excluding carboxylic acids is 1. The average Bonchev–Trinajstić information content (AvgIpc) is 2.15. The normalized spacial score (nSPS) is 20.9. The third kappa shape index (κ3) is 5.74. The Morgan fingerprint density at radius 1 is 1.25 bits per heavy atom. The SMILES string of the molecule is CC(Cl)CCNC(=O)C1CCCCCCC1. The molecule has 1 aliphatic rings. The van der Waals surface area contributed by atoms with Crippen molar-refractivity contribution in [3.8, 4) is 0 Å². The van der Waals surface area contributed by atoms with Crippen LogP contribution < -0.4 is 5.32 Å². The number of amides is 1. The molecular weight excluding hydrogens is 222 g/mol. The van der Waals surface area contributed by atoms with Crippen LogP contribution >= 0.6 is 11.6 Å². The first-order chi connectivity index (χ1) is 7.70. The topological polar surface area (TPSA) is 29.1 Å². The summed E-state index contributed by atoms with van der Waals surface area (Å²) in [6.45, 7) is 2.68. The van der Waals surface area contributed by atoms with Crippen LogP contribution in [0.3, 0.4) is 0 Å². The molecule has 0 aromatic rings. The van der Waals surface area contributed by atoms with Gasteiger partial charge in [0.1, 0.15) is 0 Å². The molecule has 1 atom stereocenters. The highest BCUT2D eigenvalue weighted by Crippen LogP contribution is 2.22. The highest BCUT2D eigenvalue weighted by molar-refractivity contribution is 6.20. The lowest BCUT2D eigenvalue weighted by Crippen LogP contribution is -2.32. The molecule has 94 valence electrons. The fourth-order valence-electron chi connectivity index (χ4n) is 2.26. The first-order valence-electron chi connectivity index (χ1n) is 6.62. The number of halogens is 1. The maximum Gasteiger partial charge on any atom is 0.223 e. The van der Waals surface area contributed by atoms with Gasteiger partial charge in [-0.3, -0.25) is 4.79 Å². The summed E-state index contributed by atoms with van der Waals surface area (Å²) in [5, 5.41) is 3.16. The number of alkyl halides is 1. The minimum Gasteiger partial charge on any atom is -0.356 e. The van der Waals surface area contributed by atoms with Crippen LogP contribution in [-0.4, -0.2) is 17.8 Å². The maximum absolute atomic E-state index is 11.9. The fourth-order valence-corrected chi connectivity index (χ4v) is 2.37. The predicted octanol–water partition coefficient (Wildman–Crippen LogP) is 3.48. The lowest BCUT2D eigenvalue weighted by Gasteiger charge is -2.19. The van der Waals surface area contributed by atoms with Gasteiger partial charge < -0.3 is 5.32 Å². The summed E-state index contributed by atoms with van der Waals surface area (Å²) in [6, 6.07) is 0. The van der Waals surface area contributed by atoms with Crippen LogP contribution in [0.2, 0.25) is 0 Å². The lowest BCUT2D eigenvalue weighted by atomic mass is 9.90. The second kappa shape index (κ2) is 7.94. The van der Waals surface area contributed by atoms with Crippen LogP contribution in [0.1, 0.15) is 58.3 Å². The van der Waals surface area contributed by atoms with E-state index in [-0.39, 0.29) is 17.2 Å². The number of nitrogens with one attached hydrogen (secondary N) is 1. The van der Waals surface area contributed by atoms with Crippen molar-refractivity contribution < 1.29 is 4.79 Å². The second-order valence-corrected chi connectivity index (χ2v) is 5.65. The standard InChI is InChI=1S/C13H24ClNO/c1-11(14)9-10-15-13(16)12-7-5-3-2-4-6-8-12/h11-12H,2-10H2,1H3,(H,15,16). The monoisotopic (exact) mass is 245 g/mol. The Morgan fingerprint density at radius 3 is 2.38 bits per heavy atom. The summed E-state index contributed by atoms with van der Waals surface area (Å²) in [4.78, 5) is 11.9. The van der Waals surface area contributed by atoms with E-state index < -0.39 is 0 Å². The van der Waals surface area contributed by atoms with E-state index in [1.54, 1.807) is 0 Å². The molecule has 1 fully saturated rings. The summed E-state index contributed by atoms with van der Waals surface area (Å²) >= 11 is 5.84. The maximum atomic E-state index is 11.9. The van der Waals surface area contributed by atoms with E-state index in [1.165, 1.54) is 32.1 Å². The molecule has 0 bridgehead atoms. The van der Waals surface area contributed by atoms with Gasteiger partial charge in [0.25, 0.3) is 0 Å². The van der Waals surface area contributed by atoms with Crippen LogP contribution in [0.15, 0.2) is 0 Å². The van der Waals surface area contributed by atoms with Gasteiger partial charge in [0, 0.05) is 17.8 Å². The van der Waals surface area contributed by atoms with Crippen molar-refractivity contribution in [1.82, 2.24) is 5.32 Å². The summed E-state index contributed by atoms with van der Waals surface area (Å²) < 4.78 is 0. The Morgan fingerprint density at radius 2 is 1.81 bits per heavy atom. The third-order valence-corrected chi connectivity index (χ3v) is 3.54. The van der Waals surface area contributed by atoms with Gasteiger partial charge in [-0.25, -0.2) is 0 Å².